The third kappa shape index (κ3) is 6.74. The Morgan fingerprint density at radius 1 is 1.09 bits per heavy atom. The van der Waals surface area contributed by atoms with Crippen LogP contribution in [-0.2, 0) is 26.0 Å². The van der Waals surface area contributed by atoms with Gasteiger partial charge in [-0.05, 0) is 36.4 Å². The topological polar surface area (TPSA) is 153 Å². The number of H-pyrrole nitrogens is 1. The van der Waals surface area contributed by atoms with Crippen LogP contribution in [-0.4, -0.2) is 43.1 Å². The summed E-state index contributed by atoms with van der Waals surface area (Å²) in [5.74, 6) is -1.29. The van der Waals surface area contributed by atoms with Crippen LogP contribution in [0.1, 0.15) is 22.5 Å². The van der Waals surface area contributed by atoms with Gasteiger partial charge >= 0.3 is 11.9 Å². The summed E-state index contributed by atoms with van der Waals surface area (Å²) >= 11 is 0. The first kappa shape index (κ1) is 23.1. The van der Waals surface area contributed by atoms with Crippen molar-refractivity contribution in [2.45, 2.75) is 23.9 Å². The quantitative estimate of drug-likeness (QED) is 0.234. The highest BCUT2D eigenvalue weighted by Crippen LogP contribution is 2.14. The van der Waals surface area contributed by atoms with Gasteiger partial charge in [0.15, 0.2) is 0 Å². The first-order chi connectivity index (χ1) is 15.3. The van der Waals surface area contributed by atoms with Crippen molar-refractivity contribution in [3.63, 3.8) is 0 Å². The molecule has 0 aliphatic heterocycles. The summed E-state index contributed by atoms with van der Waals surface area (Å²) in [6.45, 7) is 0.418. The second-order valence-electron chi connectivity index (χ2n) is 6.71. The molecule has 4 N–H and O–H groups in total. The van der Waals surface area contributed by atoms with Crippen LogP contribution in [0.25, 0.3) is 0 Å². The lowest BCUT2D eigenvalue weighted by Crippen LogP contribution is -2.43. The number of nitrogens with zero attached hydrogens (tertiary/aromatic N) is 1. The molecular formula is C21H22N4O6S. The molecule has 0 saturated carbocycles. The standard InChI is InChI=1S/C21H22N4O6S/c22-19(25-32(28,29)18-4-2-1-3-5-18)12-20(26)31-21(27)15-6-8-17(9-7-15)30-11-10-16-13-23-14-24-16/h1-9,13-14,19,25H,10-12,22H2,(H,23,24)/t19-/m0/s1. The fourth-order valence-electron chi connectivity index (χ4n) is 2.68. The maximum atomic E-state index is 12.2. The van der Waals surface area contributed by atoms with E-state index >= 15 is 0 Å². The lowest BCUT2D eigenvalue weighted by molar-refractivity contribution is -0.138. The molecule has 3 aromatic rings. The summed E-state index contributed by atoms with van der Waals surface area (Å²) in [6.07, 6.45) is 2.16. The zero-order valence-corrected chi connectivity index (χ0v) is 17.7. The molecule has 0 spiro atoms. The van der Waals surface area contributed by atoms with Gasteiger partial charge in [0.1, 0.15) is 5.75 Å². The summed E-state index contributed by atoms with van der Waals surface area (Å²) in [5, 5.41) is 0. The molecule has 0 aliphatic rings. The van der Waals surface area contributed by atoms with E-state index in [-0.39, 0.29) is 10.5 Å². The smallest absolute Gasteiger partial charge is 0.345 e. The Labute approximate surface area is 184 Å². The van der Waals surface area contributed by atoms with E-state index in [4.69, 9.17) is 15.2 Å². The lowest BCUT2D eigenvalue weighted by atomic mass is 10.2. The summed E-state index contributed by atoms with van der Waals surface area (Å²) < 4.78 is 36.9. The first-order valence-corrected chi connectivity index (χ1v) is 11.1. The number of imidazole rings is 1. The molecule has 0 amide bonds. The van der Waals surface area contributed by atoms with Crippen LogP contribution >= 0.6 is 0 Å². The number of carbonyl (C=O) groups excluding carboxylic acids is 2. The third-order valence-corrected chi connectivity index (χ3v) is 5.74. The zero-order chi connectivity index (χ0) is 23.0. The zero-order valence-electron chi connectivity index (χ0n) is 16.9. The van der Waals surface area contributed by atoms with Gasteiger partial charge in [-0.2, -0.15) is 4.72 Å². The molecule has 3 rings (SSSR count). The van der Waals surface area contributed by atoms with Crippen molar-refractivity contribution in [1.82, 2.24) is 14.7 Å². The number of nitrogens with two attached hydrogens (primary N) is 1. The fraction of sp³-hybridized carbons (Fsp3) is 0.190. The number of sulfonamides is 1. The van der Waals surface area contributed by atoms with Crippen molar-refractivity contribution in [3.05, 3.63) is 78.4 Å². The molecule has 0 saturated heterocycles. The maximum absolute atomic E-state index is 12.2. The number of aromatic nitrogens is 2. The number of rotatable bonds is 10. The molecule has 1 atom stereocenters. The van der Waals surface area contributed by atoms with E-state index in [2.05, 4.69) is 14.7 Å². The minimum absolute atomic E-state index is 0.00627. The lowest BCUT2D eigenvalue weighted by Gasteiger charge is -2.13. The van der Waals surface area contributed by atoms with Gasteiger partial charge in [0.05, 0.1) is 36.0 Å². The van der Waals surface area contributed by atoms with Crippen LogP contribution in [0.2, 0.25) is 0 Å². The van der Waals surface area contributed by atoms with E-state index in [1.807, 2.05) is 0 Å². The normalized spacial score (nSPS) is 12.2. The minimum Gasteiger partial charge on any atom is -0.493 e. The van der Waals surface area contributed by atoms with Crippen LogP contribution in [0.5, 0.6) is 5.75 Å². The number of nitrogens with one attached hydrogen (secondary N) is 2. The Morgan fingerprint density at radius 3 is 2.47 bits per heavy atom. The predicted octanol–water partition coefficient (Wildman–Crippen LogP) is 1.37. The Balaban J connectivity index is 1.45. The van der Waals surface area contributed by atoms with Crippen LogP contribution in [0.15, 0.2) is 72.0 Å². The number of ether oxygens (including phenoxy) is 2. The average molecular weight is 458 g/mol. The molecule has 11 heteroatoms. The van der Waals surface area contributed by atoms with Crippen LogP contribution in [0.3, 0.4) is 0 Å². The molecule has 2 aromatic carbocycles. The van der Waals surface area contributed by atoms with E-state index < -0.39 is 34.5 Å². The Bertz CT molecular complexity index is 1130. The number of hydrogen-bond donors (Lipinski definition) is 3. The van der Waals surface area contributed by atoms with Gasteiger partial charge in [-0.25, -0.2) is 18.2 Å². The van der Waals surface area contributed by atoms with Gasteiger partial charge in [0.25, 0.3) is 0 Å². The van der Waals surface area contributed by atoms with Crippen LogP contribution in [0, 0.1) is 0 Å². The fourth-order valence-corrected chi connectivity index (χ4v) is 3.81. The number of carbonyl (C=O) groups is 2. The Morgan fingerprint density at radius 2 is 1.81 bits per heavy atom. The summed E-state index contributed by atoms with van der Waals surface area (Å²) in [6, 6.07) is 13.6. The molecule has 32 heavy (non-hydrogen) atoms. The molecule has 0 unspecified atom stereocenters. The second-order valence-corrected chi connectivity index (χ2v) is 8.42. The van der Waals surface area contributed by atoms with E-state index in [0.29, 0.717) is 18.8 Å². The summed E-state index contributed by atoms with van der Waals surface area (Å²) in [4.78, 5) is 31.0. The van der Waals surface area contributed by atoms with E-state index in [0.717, 1.165) is 5.69 Å². The van der Waals surface area contributed by atoms with Crippen LogP contribution in [0.4, 0.5) is 0 Å². The highest BCUT2D eigenvalue weighted by molar-refractivity contribution is 7.89. The molecule has 10 nitrogen and oxygen atoms in total. The Kier molecular flexibility index (Phi) is 7.71. The first-order valence-electron chi connectivity index (χ1n) is 9.61. The van der Waals surface area contributed by atoms with Gasteiger partial charge < -0.3 is 20.2 Å². The molecule has 1 heterocycles. The van der Waals surface area contributed by atoms with Gasteiger partial charge in [-0.15, -0.1) is 0 Å². The molecule has 0 aliphatic carbocycles. The number of aromatic amines is 1. The average Bonchev–Trinajstić information content (AvgIpc) is 3.28. The Hall–Kier alpha value is -3.54. The summed E-state index contributed by atoms with van der Waals surface area (Å²) in [5.41, 5.74) is 6.76. The molecule has 1 aromatic heterocycles. The van der Waals surface area contributed by atoms with Crippen molar-refractivity contribution in [2.24, 2.45) is 5.73 Å². The third-order valence-electron chi connectivity index (χ3n) is 4.24. The van der Waals surface area contributed by atoms with Gasteiger partial charge in [0.2, 0.25) is 10.0 Å². The van der Waals surface area contributed by atoms with Crippen molar-refractivity contribution in [1.29, 1.82) is 0 Å². The molecule has 0 bridgehead atoms. The molecule has 168 valence electrons. The SMILES string of the molecule is N[C@H](CC(=O)OC(=O)c1ccc(OCCc2cnc[nH]2)cc1)NS(=O)(=O)c1ccccc1. The number of hydrogen-bond acceptors (Lipinski definition) is 8. The molecule has 0 fully saturated rings. The molecule has 0 radical (unpaired) electrons. The number of benzene rings is 2. The highest BCUT2D eigenvalue weighted by atomic mass is 32.2. The van der Waals surface area contributed by atoms with E-state index in [1.165, 1.54) is 24.3 Å². The van der Waals surface area contributed by atoms with Crippen molar-refractivity contribution in [2.75, 3.05) is 6.61 Å². The monoisotopic (exact) mass is 458 g/mol. The summed E-state index contributed by atoms with van der Waals surface area (Å²) in [7, 11) is -3.90. The van der Waals surface area contributed by atoms with Gasteiger partial charge in [0, 0.05) is 18.3 Å². The van der Waals surface area contributed by atoms with Crippen LogP contribution < -0.4 is 15.2 Å². The predicted molar refractivity (Wildman–Crippen MR) is 114 cm³/mol. The number of esters is 2. The van der Waals surface area contributed by atoms with Crippen molar-refractivity contribution >= 4 is 22.0 Å². The largest absolute Gasteiger partial charge is 0.493 e. The van der Waals surface area contributed by atoms with Gasteiger partial charge in [-0.3, -0.25) is 4.79 Å². The van der Waals surface area contributed by atoms with Crippen molar-refractivity contribution < 1.29 is 27.5 Å². The molecular weight excluding hydrogens is 436 g/mol. The van der Waals surface area contributed by atoms with Crippen molar-refractivity contribution in [3.8, 4) is 5.75 Å². The van der Waals surface area contributed by atoms with Gasteiger partial charge in [-0.1, -0.05) is 18.2 Å². The highest BCUT2D eigenvalue weighted by Gasteiger charge is 2.21. The maximum Gasteiger partial charge on any atom is 0.345 e. The van der Waals surface area contributed by atoms with E-state index in [1.54, 1.807) is 42.9 Å². The minimum atomic E-state index is -3.90. The second kappa shape index (κ2) is 10.7. The van der Waals surface area contributed by atoms with E-state index in [9.17, 15) is 18.0 Å².